The fourth-order valence-electron chi connectivity index (χ4n) is 3.97. The Morgan fingerprint density at radius 1 is 0.970 bits per heavy atom. The maximum absolute atomic E-state index is 13.3. The molecule has 0 bridgehead atoms. The summed E-state index contributed by atoms with van der Waals surface area (Å²) in [6.07, 6.45) is 0. The van der Waals surface area contributed by atoms with Crippen LogP contribution in [0.25, 0.3) is 5.76 Å². The number of nitrogens with zero attached hydrogens (tertiary/aromatic N) is 1. The molecule has 0 aliphatic carbocycles. The molecule has 3 aromatic rings. The summed E-state index contributed by atoms with van der Waals surface area (Å²) >= 11 is 6.19. The highest BCUT2D eigenvalue weighted by Crippen LogP contribution is 2.46. The first-order valence-corrected chi connectivity index (χ1v) is 10.6. The first-order chi connectivity index (χ1) is 15.9. The molecule has 0 radical (unpaired) electrons. The largest absolute Gasteiger partial charge is 0.507 e. The molecule has 6 nitrogen and oxygen atoms in total. The third kappa shape index (κ3) is 3.94. The summed E-state index contributed by atoms with van der Waals surface area (Å²) in [5, 5.41) is 11.7. The monoisotopic (exact) mass is 463 g/mol. The first kappa shape index (κ1) is 22.4. The average molecular weight is 464 g/mol. The van der Waals surface area contributed by atoms with Gasteiger partial charge in [-0.15, -0.1) is 0 Å². The second kappa shape index (κ2) is 9.00. The average Bonchev–Trinajstić information content (AvgIpc) is 3.10. The van der Waals surface area contributed by atoms with Gasteiger partial charge in [0.25, 0.3) is 11.7 Å². The number of halogens is 1. The van der Waals surface area contributed by atoms with E-state index in [1.54, 1.807) is 66.7 Å². The van der Waals surface area contributed by atoms with E-state index in [0.717, 1.165) is 5.56 Å². The summed E-state index contributed by atoms with van der Waals surface area (Å²) < 4.78 is 10.9. The molecule has 1 aliphatic rings. The molecule has 0 spiro atoms. The zero-order valence-corrected chi connectivity index (χ0v) is 19.1. The van der Waals surface area contributed by atoms with Crippen molar-refractivity contribution in [1.82, 2.24) is 0 Å². The van der Waals surface area contributed by atoms with E-state index in [1.807, 2.05) is 6.92 Å². The highest BCUT2D eigenvalue weighted by atomic mass is 35.5. The Morgan fingerprint density at radius 3 is 2.33 bits per heavy atom. The summed E-state index contributed by atoms with van der Waals surface area (Å²) in [7, 11) is 3.03. The van der Waals surface area contributed by atoms with Crippen LogP contribution >= 0.6 is 11.6 Å². The van der Waals surface area contributed by atoms with Crippen molar-refractivity contribution in [2.45, 2.75) is 13.0 Å². The maximum atomic E-state index is 13.3. The van der Waals surface area contributed by atoms with Gasteiger partial charge in [0, 0.05) is 27.9 Å². The summed E-state index contributed by atoms with van der Waals surface area (Å²) in [6, 6.07) is 17.9. The predicted octanol–water partition coefficient (Wildman–Crippen LogP) is 5.29. The quantitative estimate of drug-likeness (QED) is 0.316. The predicted molar refractivity (Wildman–Crippen MR) is 127 cm³/mol. The Morgan fingerprint density at radius 2 is 1.70 bits per heavy atom. The van der Waals surface area contributed by atoms with Crippen molar-refractivity contribution in [3.8, 4) is 11.5 Å². The lowest BCUT2D eigenvalue weighted by molar-refractivity contribution is -0.132. The molecule has 4 rings (SSSR count). The molecule has 3 aromatic carbocycles. The van der Waals surface area contributed by atoms with Gasteiger partial charge in [0.2, 0.25) is 0 Å². The van der Waals surface area contributed by atoms with Crippen molar-refractivity contribution >= 4 is 34.7 Å². The molecule has 168 valence electrons. The number of hydrogen-bond acceptors (Lipinski definition) is 5. The number of ketones is 1. The highest BCUT2D eigenvalue weighted by Gasteiger charge is 2.48. The summed E-state index contributed by atoms with van der Waals surface area (Å²) in [6.45, 7) is 1.81. The Balaban J connectivity index is 2.00. The molecule has 0 aromatic heterocycles. The Labute approximate surface area is 196 Å². The minimum atomic E-state index is -0.924. The maximum Gasteiger partial charge on any atom is 0.300 e. The van der Waals surface area contributed by atoms with Crippen molar-refractivity contribution in [3.63, 3.8) is 0 Å². The van der Waals surface area contributed by atoms with E-state index >= 15 is 0 Å². The van der Waals surface area contributed by atoms with Crippen molar-refractivity contribution in [3.05, 3.63) is 94.0 Å². The molecule has 1 unspecified atom stereocenters. The van der Waals surface area contributed by atoms with Gasteiger partial charge in [-0.05, 0) is 42.8 Å². The van der Waals surface area contributed by atoms with Gasteiger partial charge in [-0.1, -0.05) is 41.9 Å². The van der Waals surface area contributed by atoms with E-state index < -0.39 is 17.7 Å². The van der Waals surface area contributed by atoms with Crippen LogP contribution in [0.2, 0.25) is 5.02 Å². The Bertz CT molecular complexity index is 1270. The number of benzene rings is 3. The number of aliphatic hydroxyl groups excluding tert-OH is 1. The lowest BCUT2D eigenvalue weighted by Gasteiger charge is -2.27. The number of aliphatic hydroxyl groups is 1. The van der Waals surface area contributed by atoms with Gasteiger partial charge in [-0.25, -0.2) is 0 Å². The lowest BCUT2D eigenvalue weighted by atomic mass is 9.94. The number of ether oxygens (including phenoxy) is 2. The molecule has 1 N–H and O–H groups in total. The van der Waals surface area contributed by atoms with Crippen molar-refractivity contribution in [1.29, 1.82) is 0 Å². The first-order valence-electron chi connectivity index (χ1n) is 10.2. The number of carbonyl (C=O) groups excluding carboxylic acids is 2. The molecular weight excluding hydrogens is 442 g/mol. The van der Waals surface area contributed by atoms with E-state index in [4.69, 9.17) is 21.1 Å². The van der Waals surface area contributed by atoms with E-state index in [-0.39, 0.29) is 11.3 Å². The smallest absolute Gasteiger partial charge is 0.300 e. The number of anilines is 1. The van der Waals surface area contributed by atoms with E-state index in [0.29, 0.717) is 33.3 Å². The van der Waals surface area contributed by atoms with Gasteiger partial charge in [0.1, 0.15) is 17.3 Å². The molecule has 1 amide bonds. The SMILES string of the molecule is COc1ccc(C2C(=C(O)c3ccccc3)C(=O)C(=O)N2c2ccc(Cl)c(C)c2)c(OC)c1. The van der Waals surface area contributed by atoms with Crippen LogP contribution in [-0.2, 0) is 9.59 Å². The summed E-state index contributed by atoms with van der Waals surface area (Å²) in [4.78, 5) is 27.9. The van der Waals surface area contributed by atoms with E-state index in [2.05, 4.69) is 0 Å². The van der Waals surface area contributed by atoms with Crippen LogP contribution in [0.15, 0.2) is 72.3 Å². The van der Waals surface area contributed by atoms with Crippen LogP contribution in [0.3, 0.4) is 0 Å². The van der Waals surface area contributed by atoms with Crippen LogP contribution < -0.4 is 14.4 Å². The van der Waals surface area contributed by atoms with Crippen LogP contribution in [0.1, 0.15) is 22.7 Å². The molecule has 0 saturated carbocycles. The fraction of sp³-hybridized carbons (Fsp3) is 0.154. The topological polar surface area (TPSA) is 76.1 Å². The highest BCUT2D eigenvalue weighted by molar-refractivity contribution is 6.51. The van der Waals surface area contributed by atoms with Crippen LogP contribution in [-0.4, -0.2) is 31.0 Å². The van der Waals surface area contributed by atoms with Crippen LogP contribution in [0.5, 0.6) is 11.5 Å². The lowest BCUT2D eigenvalue weighted by Crippen LogP contribution is -2.29. The summed E-state index contributed by atoms with van der Waals surface area (Å²) in [5.74, 6) is -0.831. The van der Waals surface area contributed by atoms with Crippen LogP contribution in [0, 0.1) is 6.92 Å². The number of carbonyl (C=O) groups is 2. The van der Waals surface area contributed by atoms with Gasteiger partial charge in [0.05, 0.1) is 25.8 Å². The minimum Gasteiger partial charge on any atom is -0.507 e. The molecule has 33 heavy (non-hydrogen) atoms. The van der Waals surface area contributed by atoms with E-state index in [1.165, 1.54) is 19.1 Å². The van der Waals surface area contributed by atoms with Crippen molar-refractivity contribution in [2.24, 2.45) is 0 Å². The number of rotatable bonds is 5. The molecule has 7 heteroatoms. The van der Waals surface area contributed by atoms with Crippen LogP contribution in [0.4, 0.5) is 5.69 Å². The molecule has 1 fully saturated rings. The van der Waals surface area contributed by atoms with Gasteiger partial charge in [0.15, 0.2) is 0 Å². The van der Waals surface area contributed by atoms with Crippen molar-refractivity contribution in [2.75, 3.05) is 19.1 Å². The Hall–Kier alpha value is -3.77. The van der Waals surface area contributed by atoms with E-state index in [9.17, 15) is 14.7 Å². The number of hydrogen-bond donors (Lipinski definition) is 1. The molecular formula is C26H22ClNO5. The van der Waals surface area contributed by atoms with Gasteiger partial charge in [-0.3, -0.25) is 14.5 Å². The standard InChI is InChI=1S/C26H22ClNO5/c1-15-13-17(9-12-20(15)27)28-23(19-11-10-18(32-2)14-21(19)33-3)22(25(30)26(28)31)24(29)16-7-5-4-6-8-16/h4-14,23,29H,1-3H3. The zero-order chi connectivity index (χ0) is 23.7. The van der Waals surface area contributed by atoms with Gasteiger partial charge >= 0.3 is 0 Å². The third-order valence-corrected chi connectivity index (χ3v) is 6.07. The molecule has 1 aliphatic heterocycles. The minimum absolute atomic E-state index is 0.0257. The normalized spacial score (nSPS) is 17.3. The fourth-order valence-corrected chi connectivity index (χ4v) is 4.09. The van der Waals surface area contributed by atoms with Gasteiger partial charge < -0.3 is 14.6 Å². The second-order valence-corrected chi connectivity index (χ2v) is 7.98. The molecule has 1 heterocycles. The number of aryl methyl sites for hydroxylation is 1. The third-order valence-electron chi connectivity index (χ3n) is 5.65. The second-order valence-electron chi connectivity index (χ2n) is 7.58. The number of methoxy groups -OCH3 is 2. The van der Waals surface area contributed by atoms with Crippen molar-refractivity contribution < 1.29 is 24.2 Å². The zero-order valence-electron chi connectivity index (χ0n) is 18.3. The molecule has 1 atom stereocenters. The molecule has 1 saturated heterocycles. The van der Waals surface area contributed by atoms with Gasteiger partial charge in [-0.2, -0.15) is 0 Å². The Kier molecular flexibility index (Phi) is 6.11. The number of amides is 1. The summed E-state index contributed by atoms with van der Waals surface area (Å²) in [5.41, 5.74) is 2.17. The number of Topliss-reactive ketones (excluding diaryl/α,β-unsaturated/α-hetero) is 1.